The number of hydrogen-bond donors (Lipinski definition) is 2. The number of rotatable bonds is 5. The number of carboxylic acid groups (broad SMARTS) is 1. The van der Waals surface area contributed by atoms with Gasteiger partial charge >= 0.3 is 5.97 Å². The highest BCUT2D eigenvalue weighted by Gasteiger charge is 2.37. The van der Waals surface area contributed by atoms with E-state index in [1.54, 1.807) is 12.1 Å². The first-order chi connectivity index (χ1) is 9.99. The van der Waals surface area contributed by atoms with Gasteiger partial charge in [-0.2, -0.15) is 0 Å². The van der Waals surface area contributed by atoms with Crippen LogP contribution in [0.15, 0.2) is 24.3 Å². The average molecular weight is 292 g/mol. The summed E-state index contributed by atoms with van der Waals surface area (Å²) in [7, 11) is 0. The van der Waals surface area contributed by atoms with E-state index < -0.39 is 22.7 Å². The van der Waals surface area contributed by atoms with Gasteiger partial charge in [-0.3, -0.25) is 19.7 Å². The maximum atomic E-state index is 12.0. The second-order valence-electron chi connectivity index (χ2n) is 5.13. The third-order valence-electron chi connectivity index (χ3n) is 3.76. The van der Waals surface area contributed by atoms with E-state index in [1.165, 1.54) is 12.1 Å². The number of aliphatic carboxylic acids is 1. The third kappa shape index (κ3) is 3.56. The highest BCUT2D eigenvalue weighted by atomic mass is 16.6. The molecule has 1 amide bonds. The Labute approximate surface area is 121 Å². The van der Waals surface area contributed by atoms with Gasteiger partial charge in [0, 0.05) is 18.7 Å². The second kappa shape index (κ2) is 6.34. The maximum Gasteiger partial charge on any atom is 0.307 e. The minimum absolute atomic E-state index is 0.0361. The molecule has 2 rings (SSSR count). The van der Waals surface area contributed by atoms with Crippen molar-refractivity contribution in [2.75, 3.05) is 0 Å². The van der Waals surface area contributed by atoms with Crippen molar-refractivity contribution >= 4 is 17.6 Å². The summed E-state index contributed by atoms with van der Waals surface area (Å²) < 4.78 is 0. The first-order valence-electron chi connectivity index (χ1n) is 6.73. The quantitative estimate of drug-likeness (QED) is 0.634. The van der Waals surface area contributed by atoms with Crippen LogP contribution in [0.1, 0.15) is 24.8 Å². The van der Waals surface area contributed by atoms with Gasteiger partial charge in [0.05, 0.1) is 16.8 Å². The molecule has 7 nitrogen and oxygen atoms in total. The lowest BCUT2D eigenvalue weighted by atomic mass is 9.95. The van der Waals surface area contributed by atoms with E-state index in [4.69, 9.17) is 5.11 Å². The van der Waals surface area contributed by atoms with Gasteiger partial charge in [-0.1, -0.05) is 18.6 Å². The molecule has 1 aliphatic carbocycles. The summed E-state index contributed by atoms with van der Waals surface area (Å²) in [4.78, 5) is 33.3. The first kappa shape index (κ1) is 15.0. The minimum Gasteiger partial charge on any atom is -0.481 e. The van der Waals surface area contributed by atoms with E-state index in [9.17, 15) is 19.7 Å². The first-order valence-corrected chi connectivity index (χ1v) is 6.73. The van der Waals surface area contributed by atoms with Crippen LogP contribution < -0.4 is 5.32 Å². The van der Waals surface area contributed by atoms with Gasteiger partial charge in [-0.15, -0.1) is 0 Å². The van der Waals surface area contributed by atoms with Gasteiger partial charge in [0.25, 0.3) is 5.69 Å². The Morgan fingerprint density at radius 3 is 2.71 bits per heavy atom. The minimum atomic E-state index is -0.942. The molecule has 0 aliphatic heterocycles. The summed E-state index contributed by atoms with van der Waals surface area (Å²) in [6, 6.07) is 6.00. The van der Waals surface area contributed by atoms with Crippen molar-refractivity contribution in [3.8, 4) is 0 Å². The van der Waals surface area contributed by atoms with Crippen molar-refractivity contribution < 1.29 is 19.6 Å². The van der Waals surface area contributed by atoms with Gasteiger partial charge in [0.2, 0.25) is 5.91 Å². The summed E-state index contributed by atoms with van der Waals surface area (Å²) in [5.74, 6) is -2.38. The topological polar surface area (TPSA) is 110 Å². The molecule has 1 saturated carbocycles. The number of non-ortho nitro benzene ring substituents is 1. The number of nitro groups is 1. The Morgan fingerprint density at radius 1 is 1.33 bits per heavy atom. The third-order valence-corrected chi connectivity index (χ3v) is 3.76. The predicted molar refractivity (Wildman–Crippen MR) is 73.4 cm³/mol. The smallest absolute Gasteiger partial charge is 0.307 e. The van der Waals surface area contributed by atoms with Crippen molar-refractivity contribution in [2.24, 2.45) is 11.8 Å². The molecule has 112 valence electrons. The number of nitrogens with one attached hydrogen (secondary N) is 1. The van der Waals surface area contributed by atoms with E-state index in [2.05, 4.69) is 5.32 Å². The Hall–Kier alpha value is -2.44. The fraction of sp³-hybridized carbons (Fsp3) is 0.429. The van der Waals surface area contributed by atoms with Crippen molar-refractivity contribution in [3.05, 3.63) is 39.9 Å². The maximum absolute atomic E-state index is 12.0. The molecule has 0 aromatic heterocycles. The van der Waals surface area contributed by atoms with Crippen molar-refractivity contribution in [1.29, 1.82) is 0 Å². The molecular weight excluding hydrogens is 276 g/mol. The SMILES string of the molecule is O=C(O)[C@H]1CCC[C@H]1C(=O)NCc1cccc([N+](=O)[O-])c1. The fourth-order valence-corrected chi connectivity index (χ4v) is 2.67. The largest absolute Gasteiger partial charge is 0.481 e. The molecule has 1 aliphatic rings. The fourth-order valence-electron chi connectivity index (χ4n) is 2.67. The van der Waals surface area contributed by atoms with Crippen LogP contribution in [0, 0.1) is 22.0 Å². The number of nitro benzene ring substituents is 1. The monoisotopic (exact) mass is 292 g/mol. The Balaban J connectivity index is 1.96. The number of carboxylic acids is 1. The molecule has 0 spiro atoms. The number of amides is 1. The lowest BCUT2D eigenvalue weighted by Gasteiger charge is -2.15. The summed E-state index contributed by atoms with van der Waals surface area (Å²) in [5, 5.41) is 22.4. The molecule has 2 N–H and O–H groups in total. The van der Waals surface area contributed by atoms with Crippen molar-refractivity contribution in [3.63, 3.8) is 0 Å². The van der Waals surface area contributed by atoms with Gasteiger partial charge in [-0.25, -0.2) is 0 Å². The molecule has 0 bridgehead atoms. The standard InChI is InChI=1S/C14H16N2O5/c17-13(11-5-2-6-12(11)14(18)19)15-8-9-3-1-4-10(7-9)16(20)21/h1,3-4,7,11-12H,2,5-6,8H2,(H,15,17)(H,18,19)/t11-,12+/m1/s1. The number of carbonyl (C=O) groups is 2. The van der Waals surface area contributed by atoms with Crippen LogP contribution in [-0.4, -0.2) is 21.9 Å². The van der Waals surface area contributed by atoms with E-state index in [-0.39, 0.29) is 18.1 Å². The molecule has 0 unspecified atom stereocenters. The number of nitrogens with zero attached hydrogens (tertiary/aromatic N) is 1. The van der Waals surface area contributed by atoms with Crippen LogP contribution in [0.25, 0.3) is 0 Å². The Kier molecular flexibility index (Phi) is 4.52. The van der Waals surface area contributed by atoms with Crippen LogP contribution >= 0.6 is 0 Å². The Morgan fingerprint density at radius 2 is 2.05 bits per heavy atom. The summed E-state index contributed by atoms with van der Waals surface area (Å²) >= 11 is 0. The van der Waals surface area contributed by atoms with Crippen LogP contribution in [-0.2, 0) is 16.1 Å². The normalized spacial score (nSPS) is 21.0. The molecular formula is C14H16N2O5. The Bertz CT molecular complexity index is 572. The lowest BCUT2D eigenvalue weighted by Crippen LogP contribution is -2.34. The van der Waals surface area contributed by atoms with E-state index >= 15 is 0 Å². The molecule has 0 heterocycles. The van der Waals surface area contributed by atoms with Crippen LogP contribution in [0.2, 0.25) is 0 Å². The van der Waals surface area contributed by atoms with Gasteiger partial charge in [0.15, 0.2) is 0 Å². The zero-order valence-corrected chi connectivity index (χ0v) is 11.3. The van der Waals surface area contributed by atoms with Crippen molar-refractivity contribution in [2.45, 2.75) is 25.8 Å². The van der Waals surface area contributed by atoms with Gasteiger partial charge in [0.1, 0.15) is 0 Å². The molecule has 1 fully saturated rings. The van der Waals surface area contributed by atoms with Crippen molar-refractivity contribution in [1.82, 2.24) is 5.32 Å². The van der Waals surface area contributed by atoms with E-state index in [0.29, 0.717) is 18.4 Å². The van der Waals surface area contributed by atoms with Crippen LogP contribution in [0.3, 0.4) is 0 Å². The number of hydrogen-bond acceptors (Lipinski definition) is 4. The molecule has 21 heavy (non-hydrogen) atoms. The molecule has 7 heteroatoms. The van der Waals surface area contributed by atoms with Crippen LogP contribution in [0.5, 0.6) is 0 Å². The van der Waals surface area contributed by atoms with Gasteiger partial charge in [-0.05, 0) is 18.4 Å². The highest BCUT2D eigenvalue weighted by molar-refractivity contribution is 5.85. The predicted octanol–water partition coefficient (Wildman–Crippen LogP) is 1.71. The average Bonchev–Trinajstić information content (AvgIpc) is 2.94. The number of benzene rings is 1. The number of carbonyl (C=O) groups excluding carboxylic acids is 1. The molecule has 1 aromatic rings. The zero-order chi connectivity index (χ0) is 15.4. The highest BCUT2D eigenvalue weighted by Crippen LogP contribution is 2.32. The van der Waals surface area contributed by atoms with Crippen LogP contribution in [0.4, 0.5) is 5.69 Å². The summed E-state index contributed by atoms with van der Waals surface area (Å²) in [5.41, 5.74) is 0.577. The van der Waals surface area contributed by atoms with Gasteiger partial charge < -0.3 is 10.4 Å². The molecule has 2 atom stereocenters. The second-order valence-corrected chi connectivity index (χ2v) is 5.13. The molecule has 0 saturated heterocycles. The summed E-state index contributed by atoms with van der Waals surface area (Å²) in [6.07, 6.45) is 1.81. The molecule has 0 radical (unpaired) electrons. The van der Waals surface area contributed by atoms with E-state index in [0.717, 1.165) is 6.42 Å². The lowest BCUT2D eigenvalue weighted by molar-refractivity contribution is -0.384. The summed E-state index contributed by atoms with van der Waals surface area (Å²) in [6.45, 7) is 0.156. The molecule has 1 aromatic carbocycles. The van der Waals surface area contributed by atoms with E-state index in [1.807, 2.05) is 0 Å². The zero-order valence-electron chi connectivity index (χ0n) is 11.3.